The average molecular weight is 399 g/mol. The van der Waals surface area contributed by atoms with Crippen molar-refractivity contribution in [3.63, 3.8) is 0 Å². The van der Waals surface area contributed by atoms with Crippen molar-refractivity contribution in [2.75, 3.05) is 38.3 Å². The van der Waals surface area contributed by atoms with E-state index in [1.165, 1.54) is 12.1 Å². The van der Waals surface area contributed by atoms with E-state index < -0.39 is 0 Å². The predicted octanol–water partition coefficient (Wildman–Crippen LogP) is 3.21. The Balaban J connectivity index is 1.37. The van der Waals surface area contributed by atoms with Crippen LogP contribution >= 0.6 is 11.3 Å². The highest BCUT2D eigenvalue weighted by atomic mass is 32.1. The van der Waals surface area contributed by atoms with Gasteiger partial charge in [0.05, 0.1) is 37.7 Å². The molecule has 0 unspecified atom stereocenters. The maximum atomic E-state index is 13.1. The van der Waals surface area contributed by atoms with Gasteiger partial charge in [0.2, 0.25) is 0 Å². The lowest BCUT2D eigenvalue weighted by atomic mass is 10.1. The molecule has 3 heterocycles. The Morgan fingerprint density at radius 1 is 1.11 bits per heavy atom. The third-order valence-corrected chi connectivity index (χ3v) is 5.52. The van der Waals surface area contributed by atoms with E-state index in [1.54, 1.807) is 23.5 Å². The minimum Gasteiger partial charge on any atom is -0.379 e. The first-order chi connectivity index (χ1) is 13.7. The molecular formula is C20H22FN5OS. The van der Waals surface area contributed by atoms with Crippen LogP contribution in [-0.4, -0.2) is 53.4 Å². The lowest BCUT2D eigenvalue weighted by Crippen LogP contribution is -2.35. The number of ether oxygens (including phenoxy) is 1. The van der Waals surface area contributed by atoms with E-state index in [0.29, 0.717) is 6.54 Å². The second-order valence-corrected chi connectivity index (χ2v) is 7.70. The number of aromatic nitrogens is 3. The maximum Gasteiger partial charge on any atom is 0.151 e. The normalized spacial score (nSPS) is 14.9. The molecule has 1 aromatic carbocycles. The Morgan fingerprint density at radius 2 is 1.89 bits per heavy atom. The van der Waals surface area contributed by atoms with E-state index in [4.69, 9.17) is 9.72 Å². The highest BCUT2D eigenvalue weighted by Crippen LogP contribution is 2.20. The summed E-state index contributed by atoms with van der Waals surface area (Å²) in [6.45, 7) is 5.07. The smallest absolute Gasteiger partial charge is 0.151 e. The van der Waals surface area contributed by atoms with Crippen molar-refractivity contribution in [2.45, 2.75) is 13.1 Å². The fourth-order valence-corrected chi connectivity index (χ4v) is 3.90. The third-order valence-electron chi connectivity index (χ3n) is 4.64. The summed E-state index contributed by atoms with van der Waals surface area (Å²) >= 11 is 1.69. The summed E-state index contributed by atoms with van der Waals surface area (Å²) in [6.07, 6.45) is 0. The summed E-state index contributed by atoms with van der Waals surface area (Å²) < 4.78 is 18.4. The summed E-state index contributed by atoms with van der Waals surface area (Å²) in [5.41, 5.74) is 2.59. The minimum absolute atomic E-state index is 0.260. The van der Waals surface area contributed by atoms with Crippen molar-refractivity contribution in [1.29, 1.82) is 0 Å². The second-order valence-electron chi connectivity index (χ2n) is 6.76. The summed E-state index contributed by atoms with van der Waals surface area (Å²) in [6, 6.07) is 10.1. The molecule has 0 saturated carbocycles. The van der Waals surface area contributed by atoms with Crippen LogP contribution in [0.4, 0.5) is 10.2 Å². The van der Waals surface area contributed by atoms with Gasteiger partial charge in [-0.1, -0.05) is 0 Å². The average Bonchev–Trinajstić information content (AvgIpc) is 3.16. The van der Waals surface area contributed by atoms with Crippen LogP contribution in [0.2, 0.25) is 0 Å². The first kappa shape index (κ1) is 18.9. The van der Waals surface area contributed by atoms with Gasteiger partial charge in [0.1, 0.15) is 10.8 Å². The second kappa shape index (κ2) is 8.72. The number of halogens is 1. The fraction of sp³-hybridized carbons (Fsp3) is 0.350. The van der Waals surface area contributed by atoms with Gasteiger partial charge in [-0.25, -0.2) is 9.37 Å². The molecule has 0 N–H and O–H groups in total. The lowest BCUT2D eigenvalue weighted by Gasteiger charge is -2.25. The zero-order valence-corrected chi connectivity index (χ0v) is 16.5. The third kappa shape index (κ3) is 4.70. The molecule has 28 heavy (non-hydrogen) atoms. The Labute approximate surface area is 167 Å². The Kier molecular flexibility index (Phi) is 5.90. The van der Waals surface area contributed by atoms with Crippen molar-refractivity contribution < 1.29 is 9.13 Å². The Morgan fingerprint density at radius 3 is 2.61 bits per heavy atom. The molecule has 146 valence electrons. The number of thiazole rings is 1. The monoisotopic (exact) mass is 399 g/mol. The van der Waals surface area contributed by atoms with Gasteiger partial charge in [0.15, 0.2) is 5.82 Å². The Bertz CT molecular complexity index is 894. The summed E-state index contributed by atoms with van der Waals surface area (Å²) in [4.78, 5) is 9.15. The van der Waals surface area contributed by atoms with Crippen LogP contribution in [0.3, 0.4) is 0 Å². The topological polar surface area (TPSA) is 54.4 Å². The molecule has 0 radical (unpaired) electrons. The van der Waals surface area contributed by atoms with Gasteiger partial charge in [-0.05, 0) is 36.4 Å². The van der Waals surface area contributed by atoms with Gasteiger partial charge in [0.25, 0.3) is 0 Å². The van der Waals surface area contributed by atoms with Gasteiger partial charge in [-0.15, -0.1) is 21.5 Å². The van der Waals surface area contributed by atoms with Crippen molar-refractivity contribution in [3.05, 3.63) is 58.3 Å². The largest absolute Gasteiger partial charge is 0.379 e. The molecule has 1 fully saturated rings. The number of benzene rings is 1. The van der Waals surface area contributed by atoms with Gasteiger partial charge in [0, 0.05) is 31.1 Å². The highest BCUT2D eigenvalue weighted by molar-refractivity contribution is 7.09. The molecule has 0 aliphatic carbocycles. The zero-order chi connectivity index (χ0) is 19.3. The standard InChI is InChI=1S/C20H22FN5OS/c1-25(12-17-14-28-20(22-17)13-26-8-10-27-11-9-26)19-7-6-18(23-24-19)15-2-4-16(21)5-3-15/h2-7,14H,8-13H2,1H3. The SMILES string of the molecule is CN(Cc1csc(CN2CCOCC2)n1)c1ccc(-c2ccc(F)cc2)nn1. The van der Waals surface area contributed by atoms with Crippen molar-refractivity contribution >= 4 is 17.2 Å². The van der Waals surface area contributed by atoms with Crippen LogP contribution in [0.15, 0.2) is 41.8 Å². The van der Waals surface area contributed by atoms with Gasteiger partial charge in [-0.3, -0.25) is 4.90 Å². The van der Waals surface area contributed by atoms with E-state index in [9.17, 15) is 4.39 Å². The molecule has 8 heteroatoms. The molecule has 1 aliphatic heterocycles. The zero-order valence-electron chi connectivity index (χ0n) is 15.7. The van der Waals surface area contributed by atoms with Crippen LogP contribution < -0.4 is 4.90 Å². The number of rotatable bonds is 6. The lowest BCUT2D eigenvalue weighted by molar-refractivity contribution is 0.0341. The molecule has 0 bridgehead atoms. The molecule has 0 spiro atoms. The van der Waals surface area contributed by atoms with Crippen molar-refractivity contribution in [2.24, 2.45) is 0 Å². The molecule has 0 atom stereocenters. The number of morpholine rings is 1. The van der Waals surface area contributed by atoms with Crippen LogP contribution in [-0.2, 0) is 17.8 Å². The fourth-order valence-electron chi connectivity index (χ4n) is 3.07. The van der Waals surface area contributed by atoms with E-state index in [-0.39, 0.29) is 5.82 Å². The molecule has 3 aromatic rings. The number of hydrogen-bond acceptors (Lipinski definition) is 7. The molecule has 1 saturated heterocycles. The van der Waals surface area contributed by atoms with Crippen LogP contribution in [0.5, 0.6) is 0 Å². The Hall–Kier alpha value is -2.42. The molecule has 1 aliphatic rings. The first-order valence-electron chi connectivity index (χ1n) is 9.21. The number of nitrogens with zero attached hydrogens (tertiary/aromatic N) is 5. The van der Waals surface area contributed by atoms with Crippen molar-refractivity contribution in [3.8, 4) is 11.3 Å². The summed E-state index contributed by atoms with van der Waals surface area (Å²) in [7, 11) is 1.97. The van der Waals surface area contributed by atoms with Crippen LogP contribution in [0, 0.1) is 5.82 Å². The van der Waals surface area contributed by atoms with Gasteiger partial charge >= 0.3 is 0 Å². The van der Waals surface area contributed by atoms with Crippen LogP contribution in [0.1, 0.15) is 10.7 Å². The van der Waals surface area contributed by atoms with E-state index in [2.05, 4.69) is 20.5 Å². The number of anilines is 1. The highest BCUT2D eigenvalue weighted by Gasteiger charge is 2.14. The molecule has 2 aromatic heterocycles. The summed E-state index contributed by atoms with van der Waals surface area (Å²) in [5.74, 6) is 0.512. The van der Waals surface area contributed by atoms with E-state index >= 15 is 0 Å². The predicted molar refractivity (Wildman–Crippen MR) is 108 cm³/mol. The number of hydrogen-bond donors (Lipinski definition) is 0. The van der Waals surface area contributed by atoms with E-state index in [1.807, 2.05) is 24.1 Å². The summed E-state index contributed by atoms with van der Waals surface area (Å²) in [5, 5.41) is 11.8. The molecule has 6 nitrogen and oxygen atoms in total. The van der Waals surface area contributed by atoms with E-state index in [0.717, 1.165) is 60.6 Å². The van der Waals surface area contributed by atoms with Crippen molar-refractivity contribution in [1.82, 2.24) is 20.1 Å². The molecule has 0 amide bonds. The molecular weight excluding hydrogens is 377 g/mol. The van der Waals surface area contributed by atoms with Gasteiger partial charge < -0.3 is 9.64 Å². The first-order valence-corrected chi connectivity index (χ1v) is 10.1. The van der Waals surface area contributed by atoms with Crippen LogP contribution in [0.25, 0.3) is 11.3 Å². The van der Waals surface area contributed by atoms with Gasteiger partial charge in [-0.2, -0.15) is 0 Å². The quantitative estimate of drug-likeness (QED) is 0.635. The minimum atomic E-state index is -0.260. The molecule has 4 rings (SSSR count). The maximum absolute atomic E-state index is 13.1.